The van der Waals surface area contributed by atoms with Gasteiger partial charge in [0.05, 0.1) is 29.4 Å². The van der Waals surface area contributed by atoms with Gasteiger partial charge in [0.25, 0.3) is 0 Å². The summed E-state index contributed by atoms with van der Waals surface area (Å²) in [6.45, 7) is 4.88. The van der Waals surface area contributed by atoms with E-state index in [2.05, 4.69) is 15.3 Å². The standard InChI is InChI=1S/C18H17N3O4/c1-4-24-18(23)16-15(10(2)22)11(3)25-17(16)21-14-9-19-12-7-5-6-8-13(12)20-14/h5-9H,4H2,1-3H3,(H,20,21). The number of carbonyl (C=O) groups is 2. The molecule has 25 heavy (non-hydrogen) atoms. The molecule has 7 heteroatoms. The van der Waals surface area contributed by atoms with Crippen molar-refractivity contribution in [2.75, 3.05) is 11.9 Å². The number of aryl methyl sites for hydroxylation is 1. The molecule has 0 bridgehead atoms. The van der Waals surface area contributed by atoms with E-state index in [0.29, 0.717) is 17.1 Å². The number of ether oxygens (including phenoxy) is 1. The van der Waals surface area contributed by atoms with Gasteiger partial charge in [-0.3, -0.25) is 9.78 Å². The van der Waals surface area contributed by atoms with Crippen LogP contribution in [-0.4, -0.2) is 28.3 Å². The number of esters is 1. The number of carbonyl (C=O) groups excluding carboxylic acids is 2. The summed E-state index contributed by atoms with van der Waals surface area (Å²) in [7, 11) is 0. The molecule has 7 nitrogen and oxygen atoms in total. The Morgan fingerprint density at radius 2 is 1.92 bits per heavy atom. The lowest BCUT2D eigenvalue weighted by Crippen LogP contribution is -2.11. The molecule has 0 radical (unpaired) electrons. The van der Waals surface area contributed by atoms with Gasteiger partial charge in [0.2, 0.25) is 5.88 Å². The van der Waals surface area contributed by atoms with Crippen LogP contribution in [0.15, 0.2) is 34.9 Å². The van der Waals surface area contributed by atoms with Crippen molar-refractivity contribution in [2.45, 2.75) is 20.8 Å². The van der Waals surface area contributed by atoms with E-state index >= 15 is 0 Å². The van der Waals surface area contributed by atoms with Crippen molar-refractivity contribution in [2.24, 2.45) is 0 Å². The maximum atomic E-state index is 12.3. The first-order valence-electron chi connectivity index (χ1n) is 7.81. The Morgan fingerprint density at radius 3 is 2.60 bits per heavy atom. The zero-order chi connectivity index (χ0) is 18.0. The van der Waals surface area contributed by atoms with Crippen LogP contribution in [0.3, 0.4) is 0 Å². The highest BCUT2D eigenvalue weighted by atomic mass is 16.5. The van der Waals surface area contributed by atoms with Crippen LogP contribution >= 0.6 is 0 Å². The quantitative estimate of drug-likeness (QED) is 0.560. The third-order valence-corrected chi connectivity index (χ3v) is 3.61. The average molecular weight is 339 g/mol. The van der Waals surface area contributed by atoms with E-state index in [1.54, 1.807) is 13.8 Å². The number of hydrogen-bond acceptors (Lipinski definition) is 7. The second-order valence-corrected chi connectivity index (χ2v) is 5.38. The van der Waals surface area contributed by atoms with Gasteiger partial charge in [-0.15, -0.1) is 0 Å². The fourth-order valence-corrected chi connectivity index (χ4v) is 2.59. The molecule has 0 saturated heterocycles. The molecule has 0 aliphatic rings. The Hall–Kier alpha value is -3.22. The molecular formula is C18H17N3O4. The zero-order valence-corrected chi connectivity index (χ0v) is 14.1. The Kier molecular flexibility index (Phi) is 4.47. The van der Waals surface area contributed by atoms with Gasteiger partial charge in [0.15, 0.2) is 11.6 Å². The van der Waals surface area contributed by atoms with E-state index in [4.69, 9.17) is 9.15 Å². The highest BCUT2D eigenvalue weighted by Gasteiger charge is 2.28. The molecule has 0 fully saturated rings. The molecular weight excluding hydrogens is 322 g/mol. The van der Waals surface area contributed by atoms with Crippen molar-refractivity contribution in [1.29, 1.82) is 0 Å². The minimum Gasteiger partial charge on any atom is -0.462 e. The van der Waals surface area contributed by atoms with Gasteiger partial charge in [-0.25, -0.2) is 9.78 Å². The van der Waals surface area contributed by atoms with Gasteiger partial charge < -0.3 is 14.5 Å². The second-order valence-electron chi connectivity index (χ2n) is 5.38. The summed E-state index contributed by atoms with van der Waals surface area (Å²) in [5, 5.41) is 2.93. The molecule has 0 spiro atoms. The predicted octanol–water partition coefficient (Wildman–Crippen LogP) is 3.65. The van der Waals surface area contributed by atoms with Crippen molar-refractivity contribution < 1.29 is 18.7 Å². The summed E-state index contributed by atoms with van der Waals surface area (Å²) in [5.74, 6) is -0.0478. The fraction of sp³-hybridized carbons (Fsp3) is 0.222. The number of Topliss-reactive ketones (excluding diaryl/α,β-unsaturated/α-hetero) is 1. The molecule has 0 amide bonds. The number of rotatable bonds is 5. The van der Waals surface area contributed by atoms with Crippen molar-refractivity contribution >= 4 is 34.5 Å². The summed E-state index contributed by atoms with van der Waals surface area (Å²) in [6.07, 6.45) is 1.53. The number of benzene rings is 1. The van der Waals surface area contributed by atoms with Crippen LogP contribution in [0, 0.1) is 6.92 Å². The van der Waals surface area contributed by atoms with E-state index in [1.807, 2.05) is 24.3 Å². The average Bonchev–Trinajstić information content (AvgIpc) is 2.91. The summed E-state index contributed by atoms with van der Waals surface area (Å²) >= 11 is 0. The first-order chi connectivity index (χ1) is 12.0. The Morgan fingerprint density at radius 1 is 1.20 bits per heavy atom. The molecule has 0 aliphatic carbocycles. The van der Waals surface area contributed by atoms with Crippen LogP contribution in [0.5, 0.6) is 0 Å². The number of fused-ring (bicyclic) bond motifs is 1. The van der Waals surface area contributed by atoms with Crippen molar-refractivity contribution in [3.63, 3.8) is 0 Å². The third-order valence-electron chi connectivity index (χ3n) is 3.61. The summed E-state index contributed by atoms with van der Waals surface area (Å²) in [6, 6.07) is 7.41. The van der Waals surface area contributed by atoms with E-state index in [9.17, 15) is 9.59 Å². The lowest BCUT2D eigenvalue weighted by molar-refractivity contribution is 0.0524. The van der Waals surface area contributed by atoms with Gasteiger partial charge in [-0.05, 0) is 32.9 Å². The lowest BCUT2D eigenvalue weighted by atomic mass is 10.1. The molecule has 1 N–H and O–H groups in total. The van der Waals surface area contributed by atoms with Gasteiger partial charge >= 0.3 is 5.97 Å². The highest BCUT2D eigenvalue weighted by molar-refractivity contribution is 6.09. The number of anilines is 2. The number of ketones is 1. The maximum absolute atomic E-state index is 12.3. The highest BCUT2D eigenvalue weighted by Crippen LogP contribution is 2.30. The summed E-state index contributed by atoms with van der Waals surface area (Å²) in [4.78, 5) is 32.9. The second kappa shape index (κ2) is 6.72. The molecule has 1 aromatic carbocycles. The first kappa shape index (κ1) is 16.6. The first-order valence-corrected chi connectivity index (χ1v) is 7.81. The lowest BCUT2D eigenvalue weighted by Gasteiger charge is -2.06. The molecule has 0 aliphatic heterocycles. The predicted molar refractivity (Wildman–Crippen MR) is 92.2 cm³/mol. The number of para-hydroxylation sites is 2. The number of hydrogen-bond donors (Lipinski definition) is 1. The van der Waals surface area contributed by atoms with E-state index < -0.39 is 5.97 Å². The number of furan rings is 1. The minimum absolute atomic E-state index is 0.0711. The SMILES string of the molecule is CCOC(=O)c1c(Nc2cnc3ccccc3n2)oc(C)c1C(C)=O. The van der Waals surface area contributed by atoms with Gasteiger partial charge in [-0.1, -0.05) is 12.1 Å². The fourth-order valence-electron chi connectivity index (χ4n) is 2.59. The van der Waals surface area contributed by atoms with Crippen molar-refractivity contribution in [3.05, 3.63) is 47.3 Å². The molecule has 2 aromatic heterocycles. The molecule has 2 heterocycles. The number of aromatic nitrogens is 2. The van der Waals surface area contributed by atoms with Gasteiger partial charge in [-0.2, -0.15) is 0 Å². The topological polar surface area (TPSA) is 94.3 Å². The molecule has 3 aromatic rings. The maximum Gasteiger partial charge on any atom is 0.344 e. The summed E-state index contributed by atoms with van der Waals surface area (Å²) in [5.41, 5.74) is 1.72. The van der Waals surface area contributed by atoms with E-state index in [1.165, 1.54) is 13.1 Å². The normalized spacial score (nSPS) is 10.7. The van der Waals surface area contributed by atoms with Crippen LogP contribution in [0.25, 0.3) is 11.0 Å². The molecule has 0 saturated carbocycles. The Labute approximate surface area is 144 Å². The molecule has 3 rings (SSSR count). The van der Waals surface area contributed by atoms with E-state index in [-0.39, 0.29) is 29.4 Å². The van der Waals surface area contributed by atoms with Crippen molar-refractivity contribution in [3.8, 4) is 0 Å². The smallest absolute Gasteiger partial charge is 0.344 e. The third kappa shape index (κ3) is 3.21. The van der Waals surface area contributed by atoms with Gasteiger partial charge in [0, 0.05) is 0 Å². The van der Waals surface area contributed by atoms with Crippen LogP contribution in [-0.2, 0) is 4.74 Å². The van der Waals surface area contributed by atoms with Crippen molar-refractivity contribution in [1.82, 2.24) is 9.97 Å². The van der Waals surface area contributed by atoms with Crippen LogP contribution in [0.2, 0.25) is 0 Å². The molecule has 0 unspecified atom stereocenters. The van der Waals surface area contributed by atoms with E-state index in [0.717, 1.165) is 5.52 Å². The number of nitrogens with one attached hydrogen (secondary N) is 1. The zero-order valence-electron chi connectivity index (χ0n) is 14.1. The largest absolute Gasteiger partial charge is 0.462 e. The number of nitrogens with zero attached hydrogens (tertiary/aromatic N) is 2. The monoisotopic (exact) mass is 339 g/mol. The molecule has 128 valence electrons. The van der Waals surface area contributed by atoms with Gasteiger partial charge in [0.1, 0.15) is 11.3 Å². The Bertz CT molecular complexity index is 962. The van der Waals surface area contributed by atoms with Crippen LogP contribution in [0.4, 0.5) is 11.7 Å². The summed E-state index contributed by atoms with van der Waals surface area (Å²) < 4.78 is 10.6. The van der Waals surface area contributed by atoms with Crippen LogP contribution in [0.1, 0.15) is 40.3 Å². The minimum atomic E-state index is -0.624. The Balaban J connectivity index is 2.04. The molecule has 0 atom stereocenters. The van der Waals surface area contributed by atoms with Crippen LogP contribution < -0.4 is 5.32 Å².